The van der Waals surface area contributed by atoms with Gasteiger partial charge in [-0.2, -0.15) is 0 Å². The van der Waals surface area contributed by atoms with Crippen molar-refractivity contribution >= 4 is 23.2 Å². The quantitative estimate of drug-likeness (QED) is 0.613. The van der Waals surface area contributed by atoms with Crippen LogP contribution in [0.5, 0.6) is 0 Å². The zero-order valence-electron chi connectivity index (χ0n) is 17.3. The number of nitro benzene ring substituents is 1. The molecule has 2 amide bonds. The summed E-state index contributed by atoms with van der Waals surface area (Å²) >= 11 is 0. The second-order valence-corrected chi connectivity index (χ2v) is 8.09. The molecule has 1 saturated heterocycles. The monoisotopic (exact) mass is 410 g/mol. The summed E-state index contributed by atoms with van der Waals surface area (Å²) < 4.78 is 0. The molecule has 2 aliphatic rings. The van der Waals surface area contributed by atoms with Crippen LogP contribution in [-0.4, -0.2) is 45.5 Å². The summed E-state index contributed by atoms with van der Waals surface area (Å²) in [5.74, 6) is 2.45. The molecule has 9 nitrogen and oxygen atoms in total. The number of nitro groups is 1. The van der Waals surface area contributed by atoms with Crippen molar-refractivity contribution in [1.82, 2.24) is 14.9 Å². The summed E-state index contributed by atoms with van der Waals surface area (Å²) in [7, 11) is 0. The van der Waals surface area contributed by atoms with E-state index in [0.29, 0.717) is 25.2 Å². The summed E-state index contributed by atoms with van der Waals surface area (Å²) in [6.45, 7) is 7.17. The van der Waals surface area contributed by atoms with Gasteiger partial charge >= 0.3 is 6.03 Å². The molecule has 1 aromatic carbocycles. The van der Waals surface area contributed by atoms with Gasteiger partial charge in [0.2, 0.25) is 0 Å². The van der Waals surface area contributed by atoms with E-state index in [4.69, 9.17) is 4.98 Å². The number of rotatable bonds is 3. The molecule has 4 rings (SSSR count). The molecule has 2 aliphatic heterocycles. The van der Waals surface area contributed by atoms with Crippen molar-refractivity contribution in [3.8, 4) is 0 Å². The van der Waals surface area contributed by atoms with Crippen LogP contribution < -0.4 is 10.2 Å². The van der Waals surface area contributed by atoms with Crippen molar-refractivity contribution in [3.63, 3.8) is 0 Å². The van der Waals surface area contributed by atoms with Crippen molar-refractivity contribution in [1.29, 1.82) is 0 Å². The number of carbonyl (C=O) groups is 1. The van der Waals surface area contributed by atoms with E-state index in [0.717, 1.165) is 54.7 Å². The highest BCUT2D eigenvalue weighted by molar-refractivity contribution is 5.89. The van der Waals surface area contributed by atoms with Crippen LogP contribution in [0.2, 0.25) is 0 Å². The first kappa shape index (κ1) is 20.1. The summed E-state index contributed by atoms with van der Waals surface area (Å²) in [5, 5.41) is 13.6. The zero-order valence-corrected chi connectivity index (χ0v) is 17.3. The molecule has 0 saturated carbocycles. The second-order valence-electron chi connectivity index (χ2n) is 8.09. The molecule has 158 valence electrons. The molecular formula is C21H26N6O3. The smallest absolute Gasteiger partial charge is 0.322 e. The number of amides is 2. The lowest BCUT2D eigenvalue weighted by Gasteiger charge is -2.36. The molecule has 30 heavy (non-hydrogen) atoms. The van der Waals surface area contributed by atoms with Gasteiger partial charge in [0.15, 0.2) is 0 Å². The van der Waals surface area contributed by atoms with Gasteiger partial charge in [-0.15, -0.1) is 0 Å². The van der Waals surface area contributed by atoms with Gasteiger partial charge in [-0.25, -0.2) is 14.8 Å². The molecule has 0 radical (unpaired) electrons. The Hall–Kier alpha value is -3.23. The molecule has 0 unspecified atom stereocenters. The largest absolute Gasteiger partial charge is 0.356 e. The molecule has 0 aliphatic carbocycles. The SMILES string of the molecule is Cc1nc2c(c(N3CCC(C)CC3)n1)CN(C(=O)Nc1ccc([N+](=O)[O-])cc1)CC2. The average Bonchev–Trinajstić information content (AvgIpc) is 2.73. The number of aromatic nitrogens is 2. The van der Waals surface area contributed by atoms with Crippen LogP contribution in [0.25, 0.3) is 0 Å². The third-order valence-corrected chi connectivity index (χ3v) is 5.85. The van der Waals surface area contributed by atoms with Gasteiger partial charge in [0.25, 0.3) is 5.69 Å². The predicted molar refractivity (Wildman–Crippen MR) is 114 cm³/mol. The Kier molecular flexibility index (Phi) is 5.52. The Morgan fingerprint density at radius 3 is 2.53 bits per heavy atom. The summed E-state index contributed by atoms with van der Waals surface area (Å²) in [6.07, 6.45) is 2.97. The number of piperidine rings is 1. The van der Waals surface area contributed by atoms with Crippen molar-refractivity contribution in [3.05, 3.63) is 51.5 Å². The Morgan fingerprint density at radius 1 is 1.17 bits per heavy atom. The molecule has 0 atom stereocenters. The van der Waals surface area contributed by atoms with Gasteiger partial charge in [0.05, 0.1) is 17.2 Å². The highest BCUT2D eigenvalue weighted by Gasteiger charge is 2.28. The third-order valence-electron chi connectivity index (χ3n) is 5.85. The normalized spacial score (nSPS) is 16.9. The van der Waals surface area contributed by atoms with Gasteiger partial charge in [-0.1, -0.05) is 6.92 Å². The third kappa shape index (κ3) is 4.19. The maximum Gasteiger partial charge on any atom is 0.322 e. The number of anilines is 2. The van der Waals surface area contributed by atoms with Crippen LogP contribution in [-0.2, 0) is 13.0 Å². The number of urea groups is 1. The van der Waals surface area contributed by atoms with E-state index in [1.807, 2.05) is 6.92 Å². The number of nitrogens with one attached hydrogen (secondary N) is 1. The van der Waals surface area contributed by atoms with Crippen LogP contribution in [0, 0.1) is 23.0 Å². The van der Waals surface area contributed by atoms with Gasteiger partial charge < -0.3 is 15.1 Å². The Labute approximate surface area is 175 Å². The van der Waals surface area contributed by atoms with E-state index >= 15 is 0 Å². The fourth-order valence-electron chi connectivity index (χ4n) is 4.04. The van der Waals surface area contributed by atoms with E-state index in [-0.39, 0.29) is 11.7 Å². The van der Waals surface area contributed by atoms with Crippen LogP contribution in [0.1, 0.15) is 36.8 Å². The lowest BCUT2D eigenvalue weighted by molar-refractivity contribution is -0.384. The first-order valence-corrected chi connectivity index (χ1v) is 10.3. The summed E-state index contributed by atoms with van der Waals surface area (Å²) in [5.41, 5.74) is 2.57. The molecule has 9 heteroatoms. The maximum atomic E-state index is 12.8. The number of hydrogen-bond donors (Lipinski definition) is 1. The summed E-state index contributed by atoms with van der Waals surface area (Å²) in [4.78, 5) is 36.6. The van der Waals surface area contributed by atoms with E-state index in [1.54, 1.807) is 17.0 Å². The topological polar surface area (TPSA) is 104 Å². The highest BCUT2D eigenvalue weighted by atomic mass is 16.6. The van der Waals surface area contributed by atoms with Crippen molar-refractivity contribution < 1.29 is 9.72 Å². The number of nitrogens with zero attached hydrogens (tertiary/aromatic N) is 5. The number of fused-ring (bicyclic) bond motifs is 1. The van der Waals surface area contributed by atoms with E-state index in [2.05, 4.69) is 22.1 Å². The van der Waals surface area contributed by atoms with Crippen LogP contribution >= 0.6 is 0 Å². The highest BCUT2D eigenvalue weighted by Crippen LogP contribution is 2.30. The lowest BCUT2D eigenvalue weighted by Crippen LogP contribution is -2.41. The minimum Gasteiger partial charge on any atom is -0.356 e. The average molecular weight is 410 g/mol. The van der Waals surface area contributed by atoms with E-state index in [1.165, 1.54) is 12.1 Å². The minimum absolute atomic E-state index is 0.00657. The van der Waals surface area contributed by atoms with Gasteiger partial charge in [-0.3, -0.25) is 10.1 Å². The number of benzene rings is 1. The summed E-state index contributed by atoms with van der Waals surface area (Å²) in [6, 6.07) is 5.62. The fraction of sp³-hybridized carbons (Fsp3) is 0.476. The van der Waals surface area contributed by atoms with Gasteiger partial charge in [0, 0.05) is 49.4 Å². The molecule has 0 spiro atoms. The number of carbonyl (C=O) groups excluding carboxylic acids is 1. The molecule has 1 N–H and O–H groups in total. The molecule has 1 fully saturated rings. The standard InChI is InChI=1S/C21H26N6O3/c1-14-7-10-25(11-8-14)20-18-13-26(12-9-19(18)22-15(2)23-20)21(28)24-16-3-5-17(6-4-16)27(29)30/h3-6,14H,7-13H2,1-2H3,(H,24,28). The van der Waals surface area contributed by atoms with Crippen LogP contribution in [0.4, 0.5) is 22.0 Å². The molecular weight excluding hydrogens is 384 g/mol. The molecule has 2 aromatic rings. The maximum absolute atomic E-state index is 12.8. The Bertz CT molecular complexity index is 954. The van der Waals surface area contributed by atoms with Crippen LogP contribution in [0.15, 0.2) is 24.3 Å². The molecule has 1 aromatic heterocycles. The van der Waals surface area contributed by atoms with Gasteiger partial charge in [-0.05, 0) is 37.8 Å². The first-order valence-electron chi connectivity index (χ1n) is 10.3. The Morgan fingerprint density at radius 2 is 1.87 bits per heavy atom. The van der Waals surface area contributed by atoms with Crippen molar-refractivity contribution in [2.75, 3.05) is 29.9 Å². The van der Waals surface area contributed by atoms with Crippen LogP contribution in [0.3, 0.4) is 0 Å². The Balaban J connectivity index is 1.50. The number of aryl methyl sites for hydroxylation is 1. The number of hydrogen-bond acceptors (Lipinski definition) is 6. The van der Waals surface area contributed by atoms with Crippen molar-refractivity contribution in [2.24, 2.45) is 5.92 Å². The molecule has 3 heterocycles. The fourth-order valence-corrected chi connectivity index (χ4v) is 4.04. The predicted octanol–water partition coefficient (Wildman–Crippen LogP) is 3.52. The second kappa shape index (κ2) is 8.25. The lowest BCUT2D eigenvalue weighted by atomic mass is 9.98. The van der Waals surface area contributed by atoms with Gasteiger partial charge in [0.1, 0.15) is 11.6 Å². The zero-order chi connectivity index (χ0) is 21.3. The van der Waals surface area contributed by atoms with E-state index < -0.39 is 4.92 Å². The molecule has 0 bridgehead atoms. The van der Waals surface area contributed by atoms with Crippen molar-refractivity contribution in [2.45, 2.75) is 39.7 Å². The minimum atomic E-state index is -0.460. The number of non-ortho nitro benzene ring substituents is 1. The van der Waals surface area contributed by atoms with E-state index in [9.17, 15) is 14.9 Å². The first-order chi connectivity index (χ1) is 14.4.